The number of likely N-dealkylation sites (tertiary alicyclic amines) is 1. The first-order chi connectivity index (χ1) is 5.52. The number of amides is 1. The van der Waals surface area contributed by atoms with Crippen LogP contribution in [0.4, 0.5) is 4.39 Å². The molecule has 0 aromatic rings. The van der Waals surface area contributed by atoms with Gasteiger partial charge in [-0.3, -0.25) is 4.79 Å². The Morgan fingerprint density at radius 1 is 1.58 bits per heavy atom. The third-order valence-electron chi connectivity index (χ3n) is 2.03. The van der Waals surface area contributed by atoms with E-state index in [0.29, 0.717) is 0 Å². The van der Waals surface area contributed by atoms with Crippen LogP contribution in [0.1, 0.15) is 13.8 Å². The molecule has 0 aliphatic carbocycles. The van der Waals surface area contributed by atoms with E-state index in [0.717, 1.165) is 0 Å². The van der Waals surface area contributed by atoms with Crippen molar-refractivity contribution in [2.45, 2.75) is 26.1 Å². The maximum absolute atomic E-state index is 12.7. The van der Waals surface area contributed by atoms with E-state index in [1.165, 1.54) is 4.90 Å². The van der Waals surface area contributed by atoms with Crippen LogP contribution in [-0.2, 0) is 4.79 Å². The average Bonchev–Trinajstić information content (AvgIpc) is 2.30. The number of halogens is 1. The largest absolute Gasteiger partial charge is 0.388 e. The summed E-state index contributed by atoms with van der Waals surface area (Å²) < 4.78 is 12.7. The highest BCUT2D eigenvalue weighted by molar-refractivity contribution is 5.78. The summed E-state index contributed by atoms with van der Waals surface area (Å²) in [6.45, 7) is 3.71. The molecule has 1 aliphatic rings. The molecule has 0 radical (unpaired) electrons. The first-order valence-electron chi connectivity index (χ1n) is 4.13. The van der Waals surface area contributed by atoms with Crippen molar-refractivity contribution in [1.29, 1.82) is 0 Å². The highest BCUT2D eigenvalue weighted by Gasteiger charge is 2.34. The van der Waals surface area contributed by atoms with Crippen LogP contribution >= 0.6 is 0 Å². The number of alkyl halides is 1. The lowest BCUT2D eigenvalue weighted by atomic mass is 10.2. The van der Waals surface area contributed by atoms with Crippen LogP contribution in [0.3, 0.4) is 0 Å². The van der Waals surface area contributed by atoms with E-state index >= 15 is 0 Å². The Balaban J connectivity index is 2.52. The number of aliphatic hydroxyl groups excluding tert-OH is 1. The van der Waals surface area contributed by atoms with Crippen molar-refractivity contribution in [1.82, 2.24) is 4.90 Å². The van der Waals surface area contributed by atoms with Gasteiger partial charge in [-0.25, -0.2) is 4.39 Å². The molecule has 2 atom stereocenters. The number of aliphatic hydroxyl groups is 1. The number of carbonyl (C=O) groups is 1. The topological polar surface area (TPSA) is 40.5 Å². The van der Waals surface area contributed by atoms with Gasteiger partial charge < -0.3 is 10.0 Å². The van der Waals surface area contributed by atoms with Crippen LogP contribution in [0.15, 0.2) is 0 Å². The zero-order chi connectivity index (χ0) is 9.30. The summed E-state index contributed by atoms with van der Waals surface area (Å²) in [7, 11) is 0. The Kier molecular flexibility index (Phi) is 2.67. The van der Waals surface area contributed by atoms with E-state index in [-0.39, 0.29) is 24.9 Å². The summed E-state index contributed by atoms with van der Waals surface area (Å²) in [5.74, 6) is -0.211. The molecule has 1 heterocycles. The summed E-state index contributed by atoms with van der Waals surface area (Å²) in [5.41, 5.74) is 0. The van der Waals surface area contributed by atoms with Crippen LogP contribution in [0.25, 0.3) is 0 Å². The molecule has 0 aromatic heterocycles. The van der Waals surface area contributed by atoms with Gasteiger partial charge in [0.05, 0.1) is 6.54 Å². The van der Waals surface area contributed by atoms with Crippen LogP contribution < -0.4 is 0 Å². The average molecular weight is 175 g/mol. The smallest absolute Gasteiger partial charge is 0.225 e. The molecule has 1 fully saturated rings. The molecule has 0 unspecified atom stereocenters. The molecule has 12 heavy (non-hydrogen) atoms. The number of nitrogens with zero attached hydrogens (tertiary/aromatic N) is 1. The normalized spacial score (nSPS) is 29.9. The van der Waals surface area contributed by atoms with Gasteiger partial charge in [0.15, 0.2) is 0 Å². The molecule has 1 rings (SSSR count). The number of hydrogen-bond acceptors (Lipinski definition) is 2. The SMILES string of the molecule is CC(C)C(=O)N1C[C@H](O)[C@@H](F)C1. The van der Waals surface area contributed by atoms with Gasteiger partial charge in [-0.15, -0.1) is 0 Å². The van der Waals surface area contributed by atoms with Gasteiger partial charge in [0.2, 0.25) is 5.91 Å². The van der Waals surface area contributed by atoms with Crippen molar-refractivity contribution in [2.75, 3.05) is 13.1 Å². The van der Waals surface area contributed by atoms with E-state index in [4.69, 9.17) is 5.11 Å². The Morgan fingerprint density at radius 2 is 2.17 bits per heavy atom. The Morgan fingerprint density at radius 3 is 2.50 bits per heavy atom. The van der Waals surface area contributed by atoms with E-state index < -0.39 is 12.3 Å². The van der Waals surface area contributed by atoms with Crippen LogP contribution in [0, 0.1) is 5.92 Å². The molecule has 3 nitrogen and oxygen atoms in total. The molecule has 1 amide bonds. The maximum Gasteiger partial charge on any atom is 0.225 e. The lowest BCUT2D eigenvalue weighted by molar-refractivity contribution is -0.133. The maximum atomic E-state index is 12.7. The molecule has 0 saturated carbocycles. The molecule has 0 aromatic carbocycles. The molecule has 0 spiro atoms. The molecule has 1 saturated heterocycles. The van der Waals surface area contributed by atoms with Crippen molar-refractivity contribution in [3.05, 3.63) is 0 Å². The third-order valence-corrected chi connectivity index (χ3v) is 2.03. The quantitative estimate of drug-likeness (QED) is 0.617. The fourth-order valence-electron chi connectivity index (χ4n) is 1.29. The Hall–Kier alpha value is -0.640. The first kappa shape index (κ1) is 9.45. The first-order valence-corrected chi connectivity index (χ1v) is 4.13. The molecule has 1 N–H and O–H groups in total. The van der Waals surface area contributed by atoms with Crippen molar-refractivity contribution in [3.8, 4) is 0 Å². The summed E-state index contributed by atoms with van der Waals surface area (Å²) in [6, 6.07) is 0. The number of β-amino-alcohol motifs (C(OH)–C–C–N with tert-alkyl or cyclic N) is 1. The lowest BCUT2D eigenvalue weighted by Gasteiger charge is -2.17. The molecule has 1 aliphatic heterocycles. The van der Waals surface area contributed by atoms with Gasteiger partial charge in [0.25, 0.3) is 0 Å². The second-order valence-corrected chi connectivity index (χ2v) is 3.48. The minimum Gasteiger partial charge on any atom is -0.388 e. The van der Waals surface area contributed by atoms with E-state index in [1.54, 1.807) is 13.8 Å². The summed E-state index contributed by atoms with van der Waals surface area (Å²) >= 11 is 0. The summed E-state index contributed by atoms with van der Waals surface area (Å²) in [4.78, 5) is 12.7. The fraction of sp³-hybridized carbons (Fsp3) is 0.875. The minimum absolute atomic E-state index is 0.0399. The van der Waals surface area contributed by atoms with Gasteiger partial charge in [-0.2, -0.15) is 0 Å². The predicted octanol–water partition coefficient (Wildman–Crippen LogP) is 0.184. The van der Waals surface area contributed by atoms with Crippen molar-refractivity contribution < 1.29 is 14.3 Å². The van der Waals surface area contributed by atoms with E-state index in [1.807, 2.05) is 0 Å². The molecule has 70 valence electrons. The molecule has 0 bridgehead atoms. The van der Waals surface area contributed by atoms with E-state index in [9.17, 15) is 9.18 Å². The van der Waals surface area contributed by atoms with Gasteiger partial charge >= 0.3 is 0 Å². The monoisotopic (exact) mass is 175 g/mol. The van der Waals surface area contributed by atoms with Crippen LogP contribution in [0.2, 0.25) is 0 Å². The third kappa shape index (κ3) is 1.75. The zero-order valence-electron chi connectivity index (χ0n) is 7.33. The fourth-order valence-corrected chi connectivity index (χ4v) is 1.29. The van der Waals surface area contributed by atoms with Gasteiger partial charge in [0.1, 0.15) is 12.3 Å². The molecule has 4 heteroatoms. The highest BCUT2D eigenvalue weighted by atomic mass is 19.1. The van der Waals surface area contributed by atoms with Crippen LogP contribution in [0.5, 0.6) is 0 Å². The molecular formula is C8H14FNO2. The summed E-state index contributed by atoms with van der Waals surface area (Å²) in [5, 5.41) is 9.03. The number of carbonyl (C=O) groups excluding carboxylic acids is 1. The van der Waals surface area contributed by atoms with E-state index in [2.05, 4.69) is 0 Å². The Labute approximate surface area is 71.2 Å². The summed E-state index contributed by atoms with van der Waals surface area (Å²) in [6.07, 6.45) is -2.26. The second-order valence-electron chi connectivity index (χ2n) is 3.48. The van der Waals surface area contributed by atoms with Crippen molar-refractivity contribution in [3.63, 3.8) is 0 Å². The van der Waals surface area contributed by atoms with Gasteiger partial charge in [0, 0.05) is 12.5 Å². The lowest BCUT2D eigenvalue weighted by Crippen LogP contribution is -2.32. The highest BCUT2D eigenvalue weighted by Crippen LogP contribution is 2.15. The van der Waals surface area contributed by atoms with Crippen LogP contribution in [-0.4, -0.2) is 41.3 Å². The number of hydrogen-bond donors (Lipinski definition) is 1. The Bertz CT molecular complexity index is 174. The van der Waals surface area contributed by atoms with Crippen molar-refractivity contribution >= 4 is 5.91 Å². The predicted molar refractivity (Wildman–Crippen MR) is 42.3 cm³/mol. The van der Waals surface area contributed by atoms with Gasteiger partial charge in [-0.05, 0) is 0 Å². The van der Waals surface area contributed by atoms with Gasteiger partial charge in [-0.1, -0.05) is 13.8 Å². The minimum atomic E-state index is -1.27. The number of rotatable bonds is 1. The second kappa shape index (κ2) is 3.39. The van der Waals surface area contributed by atoms with Crippen molar-refractivity contribution in [2.24, 2.45) is 5.92 Å². The zero-order valence-corrected chi connectivity index (χ0v) is 7.33. The standard InChI is InChI=1S/C8H14FNO2/c1-5(2)8(12)10-3-6(9)7(11)4-10/h5-7,11H,3-4H2,1-2H3/t6-,7-/m0/s1. The molecular weight excluding hydrogens is 161 g/mol.